The minimum Gasteiger partial charge on any atom is -0.383 e. The molecular formula is C12H16N2. The van der Waals surface area contributed by atoms with Gasteiger partial charge >= 0.3 is 0 Å². The Balaban J connectivity index is 1.93. The highest BCUT2D eigenvalue weighted by atomic mass is 15.0. The molecule has 1 fully saturated rings. The van der Waals surface area contributed by atoms with Gasteiger partial charge in [0.05, 0.1) is 11.4 Å². The molecule has 2 heteroatoms. The van der Waals surface area contributed by atoms with Crippen molar-refractivity contribution in [2.24, 2.45) is 5.92 Å². The summed E-state index contributed by atoms with van der Waals surface area (Å²) in [5.74, 6) is 0.822. The maximum atomic E-state index is 3.66. The van der Waals surface area contributed by atoms with E-state index in [2.05, 4.69) is 34.9 Å². The first-order valence-corrected chi connectivity index (χ1v) is 5.53. The molecule has 2 atom stereocenters. The van der Waals surface area contributed by atoms with Crippen molar-refractivity contribution in [1.29, 1.82) is 0 Å². The van der Waals surface area contributed by atoms with Crippen LogP contribution in [-0.4, -0.2) is 12.6 Å². The van der Waals surface area contributed by atoms with E-state index in [1.165, 1.54) is 30.6 Å². The smallest absolute Gasteiger partial charge is 0.0578 e. The zero-order chi connectivity index (χ0) is 9.38. The molecule has 0 aromatic heterocycles. The highest BCUT2D eigenvalue weighted by Crippen LogP contribution is 2.34. The van der Waals surface area contributed by atoms with Crippen LogP contribution in [0.25, 0.3) is 0 Å². The van der Waals surface area contributed by atoms with Crippen molar-refractivity contribution in [2.45, 2.75) is 25.3 Å². The zero-order valence-electron chi connectivity index (χ0n) is 8.29. The molecule has 0 spiro atoms. The Hall–Kier alpha value is -1.18. The lowest BCUT2D eigenvalue weighted by atomic mass is 10.0. The van der Waals surface area contributed by atoms with Crippen LogP contribution in [0.15, 0.2) is 24.3 Å². The number of anilines is 2. The van der Waals surface area contributed by atoms with Crippen molar-refractivity contribution in [3.8, 4) is 0 Å². The maximum Gasteiger partial charge on any atom is 0.0578 e. The van der Waals surface area contributed by atoms with Gasteiger partial charge in [0.2, 0.25) is 0 Å². The summed E-state index contributed by atoms with van der Waals surface area (Å²) in [4.78, 5) is 0. The van der Waals surface area contributed by atoms with Crippen molar-refractivity contribution in [2.75, 3.05) is 17.2 Å². The van der Waals surface area contributed by atoms with Crippen LogP contribution in [0.1, 0.15) is 19.3 Å². The fraction of sp³-hybridized carbons (Fsp3) is 0.500. The summed E-state index contributed by atoms with van der Waals surface area (Å²) >= 11 is 0. The number of nitrogens with one attached hydrogen (secondary N) is 2. The average Bonchev–Trinajstić information content (AvgIpc) is 2.58. The van der Waals surface area contributed by atoms with Crippen molar-refractivity contribution >= 4 is 11.4 Å². The molecule has 74 valence electrons. The summed E-state index contributed by atoms with van der Waals surface area (Å²) < 4.78 is 0. The fourth-order valence-electron chi connectivity index (χ4n) is 2.68. The molecular weight excluding hydrogens is 172 g/mol. The number of para-hydroxylation sites is 2. The van der Waals surface area contributed by atoms with Crippen LogP contribution >= 0.6 is 0 Å². The van der Waals surface area contributed by atoms with Crippen LogP contribution < -0.4 is 10.6 Å². The molecule has 0 radical (unpaired) electrons. The topological polar surface area (TPSA) is 24.1 Å². The summed E-state index contributed by atoms with van der Waals surface area (Å²) in [5, 5.41) is 7.19. The van der Waals surface area contributed by atoms with Gasteiger partial charge < -0.3 is 10.6 Å². The quantitative estimate of drug-likeness (QED) is 0.654. The van der Waals surface area contributed by atoms with Gasteiger partial charge in [0.15, 0.2) is 0 Å². The summed E-state index contributed by atoms with van der Waals surface area (Å²) in [5.41, 5.74) is 2.55. The monoisotopic (exact) mass is 188 g/mol. The van der Waals surface area contributed by atoms with Gasteiger partial charge in [0.1, 0.15) is 0 Å². The SMILES string of the molecule is c1ccc2c(c1)NCC1CCCC1N2. The third-order valence-electron chi connectivity index (χ3n) is 3.48. The lowest BCUT2D eigenvalue weighted by molar-refractivity contribution is 0.537. The van der Waals surface area contributed by atoms with Crippen molar-refractivity contribution in [1.82, 2.24) is 0 Å². The summed E-state index contributed by atoms with van der Waals surface area (Å²) in [7, 11) is 0. The predicted molar refractivity (Wildman–Crippen MR) is 59.7 cm³/mol. The van der Waals surface area contributed by atoms with Gasteiger partial charge in [-0.25, -0.2) is 0 Å². The molecule has 1 aliphatic carbocycles. The van der Waals surface area contributed by atoms with Crippen molar-refractivity contribution in [3.63, 3.8) is 0 Å². The van der Waals surface area contributed by atoms with E-state index in [1.54, 1.807) is 0 Å². The van der Waals surface area contributed by atoms with Crippen LogP contribution in [0.3, 0.4) is 0 Å². The van der Waals surface area contributed by atoms with Gasteiger partial charge in [-0.1, -0.05) is 18.6 Å². The molecule has 1 aromatic carbocycles. The molecule has 0 saturated heterocycles. The Kier molecular flexibility index (Phi) is 1.86. The molecule has 2 nitrogen and oxygen atoms in total. The van der Waals surface area contributed by atoms with Gasteiger partial charge in [-0.2, -0.15) is 0 Å². The van der Waals surface area contributed by atoms with Crippen LogP contribution in [-0.2, 0) is 0 Å². The molecule has 0 amide bonds. The van der Waals surface area contributed by atoms with E-state index < -0.39 is 0 Å². The molecule has 3 rings (SSSR count). The number of benzene rings is 1. The lowest BCUT2D eigenvalue weighted by Gasteiger charge is -2.17. The van der Waals surface area contributed by atoms with E-state index >= 15 is 0 Å². The molecule has 1 aliphatic heterocycles. The Morgan fingerprint density at radius 1 is 1.07 bits per heavy atom. The van der Waals surface area contributed by atoms with Gasteiger partial charge in [-0.05, 0) is 30.9 Å². The summed E-state index contributed by atoms with van der Waals surface area (Å²) in [6.07, 6.45) is 4.09. The Morgan fingerprint density at radius 2 is 1.93 bits per heavy atom. The van der Waals surface area contributed by atoms with E-state index in [-0.39, 0.29) is 0 Å². The van der Waals surface area contributed by atoms with Crippen LogP contribution in [0.4, 0.5) is 11.4 Å². The second-order valence-corrected chi connectivity index (χ2v) is 4.37. The minimum absolute atomic E-state index is 0.700. The molecule has 2 N–H and O–H groups in total. The average molecular weight is 188 g/mol. The largest absolute Gasteiger partial charge is 0.383 e. The zero-order valence-corrected chi connectivity index (χ0v) is 8.29. The van der Waals surface area contributed by atoms with Gasteiger partial charge in [-0.15, -0.1) is 0 Å². The van der Waals surface area contributed by atoms with Gasteiger partial charge in [0, 0.05) is 12.6 Å². The third-order valence-corrected chi connectivity index (χ3v) is 3.48. The van der Waals surface area contributed by atoms with Crippen molar-refractivity contribution < 1.29 is 0 Å². The lowest BCUT2D eigenvalue weighted by Crippen LogP contribution is -2.25. The molecule has 1 aromatic rings. The van der Waals surface area contributed by atoms with E-state index in [4.69, 9.17) is 0 Å². The molecule has 2 unspecified atom stereocenters. The van der Waals surface area contributed by atoms with Crippen LogP contribution in [0, 0.1) is 5.92 Å². The van der Waals surface area contributed by atoms with E-state index in [9.17, 15) is 0 Å². The predicted octanol–water partition coefficient (Wildman–Crippen LogP) is 2.69. The number of fused-ring (bicyclic) bond motifs is 2. The number of rotatable bonds is 0. The minimum atomic E-state index is 0.700. The van der Waals surface area contributed by atoms with E-state index in [1.807, 2.05) is 0 Å². The number of hydrogen-bond donors (Lipinski definition) is 2. The highest BCUT2D eigenvalue weighted by molar-refractivity contribution is 5.69. The third kappa shape index (κ3) is 1.26. The van der Waals surface area contributed by atoms with Crippen LogP contribution in [0.2, 0.25) is 0 Å². The van der Waals surface area contributed by atoms with Crippen molar-refractivity contribution in [3.05, 3.63) is 24.3 Å². The molecule has 14 heavy (non-hydrogen) atoms. The van der Waals surface area contributed by atoms with Gasteiger partial charge in [-0.3, -0.25) is 0 Å². The normalized spacial score (nSPS) is 29.4. The van der Waals surface area contributed by atoms with Gasteiger partial charge in [0.25, 0.3) is 0 Å². The fourth-order valence-corrected chi connectivity index (χ4v) is 2.68. The standard InChI is InChI=1S/C12H16N2/c1-2-6-12-11(5-1)13-8-9-4-3-7-10(9)14-12/h1-2,5-6,9-10,13-14H,3-4,7-8H2. The Labute approximate surface area is 84.7 Å². The Morgan fingerprint density at radius 3 is 2.86 bits per heavy atom. The number of hydrogen-bond acceptors (Lipinski definition) is 2. The maximum absolute atomic E-state index is 3.66. The van der Waals surface area contributed by atoms with E-state index in [0.717, 1.165) is 12.5 Å². The summed E-state index contributed by atoms with van der Waals surface area (Å²) in [6, 6.07) is 9.22. The second-order valence-electron chi connectivity index (χ2n) is 4.37. The second kappa shape index (κ2) is 3.19. The molecule has 1 heterocycles. The summed E-state index contributed by atoms with van der Waals surface area (Å²) in [6.45, 7) is 1.13. The molecule has 2 aliphatic rings. The van der Waals surface area contributed by atoms with E-state index in [0.29, 0.717) is 6.04 Å². The Bertz CT molecular complexity index is 335. The first-order chi connectivity index (χ1) is 6.93. The highest BCUT2D eigenvalue weighted by Gasteiger charge is 2.29. The first kappa shape index (κ1) is 8.16. The van der Waals surface area contributed by atoms with Crippen LogP contribution in [0.5, 0.6) is 0 Å². The molecule has 1 saturated carbocycles. The molecule has 0 bridgehead atoms. The first-order valence-electron chi connectivity index (χ1n) is 5.53.